The highest BCUT2D eigenvalue weighted by Crippen LogP contribution is 2.09. The van der Waals surface area contributed by atoms with Gasteiger partial charge in [-0.05, 0) is 12.8 Å². The quantitative estimate of drug-likeness (QED) is 0.211. The molecule has 0 spiro atoms. The Kier molecular flexibility index (Phi) is 18.5. The number of nitrogens with zero attached hydrogens (tertiary/aromatic N) is 2. The van der Waals surface area contributed by atoms with Gasteiger partial charge in [-0.15, -0.1) is 12.4 Å². The van der Waals surface area contributed by atoms with E-state index >= 15 is 0 Å². The Morgan fingerprint density at radius 2 is 0.923 bits per heavy atom. The minimum Gasteiger partial charge on any atom is -0.181 e. The smallest absolute Gasteiger partial charge is 0.181 e. The first-order valence-electron chi connectivity index (χ1n) is 11.1. The maximum Gasteiger partial charge on any atom is 0.199 e. The lowest BCUT2D eigenvalue weighted by atomic mass is 10.1. The summed E-state index contributed by atoms with van der Waals surface area (Å²) < 4.78 is 2.30. The van der Waals surface area contributed by atoms with Crippen LogP contribution in [0, 0.1) is 0 Å². The maximum atomic E-state index is 2.54. The molecule has 1 aromatic rings. The number of hydrogen-bond acceptors (Lipinski definition) is 1. The van der Waals surface area contributed by atoms with Crippen molar-refractivity contribution in [3.8, 4) is 0 Å². The Bertz CT molecular complexity index is 383. The Morgan fingerprint density at radius 1 is 0.538 bits per heavy atom. The Labute approximate surface area is 169 Å². The Morgan fingerprint density at radius 3 is 1.35 bits per heavy atom. The lowest BCUT2D eigenvalue weighted by Gasteiger charge is -2.18. The van der Waals surface area contributed by atoms with E-state index in [1.165, 1.54) is 103 Å². The third-order valence-electron chi connectivity index (χ3n) is 5.07. The molecular weight excluding hydrogens is 340 g/mol. The fourth-order valence-electron chi connectivity index (χ4n) is 3.42. The second-order valence-corrected chi connectivity index (χ2v) is 7.45. The van der Waals surface area contributed by atoms with Crippen LogP contribution >= 0.6 is 12.4 Å². The molecule has 1 aromatic heterocycles. The summed E-state index contributed by atoms with van der Waals surface area (Å²) in [7, 11) is 0. The van der Waals surface area contributed by atoms with Crippen LogP contribution < -0.4 is 9.69 Å². The van der Waals surface area contributed by atoms with E-state index in [1.807, 2.05) is 0 Å². The van der Waals surface area contributed by atoms with E-state index in [0.29, 0.717) is 0 Å². The summed E-state index contributed by atoms with van der Waals surface area (Å²) >= 11 is 0. The molecule has 0 aliphatic heterocycles. The van der Waals surface area contributed by atoms with E-state index in [4.69, 9.17) is 0 Å². The molecule has 0 saturated heterocycles. The molecule has 152 valence electrons. The Hall–Kier alpha value is -0.760. The van der Waals surface area contributed by atoms with E-state index in [9.17, 15) is 0 Å². The van der Waals surface area contributed by atoms with Crippen molar-refractivity contribution < 1.29 is 4.68 Å². The predicted octanol–water partition coefficient (Wildman–Crippen LogP) is 6.84. The predicted molar refractivity (Wildman–Crippen MR) is 118 cm³/mol. The largest absolute Gasteiger partial charge is 0.199 e. The molecule has 0 unspecified atom stereocenters. The highest BCUT2D eigenvalue weighted by Gasteiger charge is 2.11. The molecule has 0 radical (unpaired) electrons. The Balaban J connectivity index is 0.00000625. The molecular formula is C23H44ClN2+. The summed E-state index contributed by atoms with van der Waals surface area (Å²) in [5, 5.41) is 2.54. The molecule has 0 N–H and O–H groups in total. The van der Waals surface area contributed by atoms with Crippen molar-refractivity contribution >= 4 is 12.4 Å². The molecule has 0 fully saturated rings. The zero-order chi connectivity index (χ0) is 18.0. The van der Waals surface area contributed by atoms with Crippen LogP contribution in [-0.4, -0.2) is 13.1 Å². The third-order valence-corrected chi connectivity index (χ3v) is 5.07. The van der Waals surface area contributed by atoms with E-state index in [2.05, 4.69) is 54.1 Å². The van der Waals surface area contributed by atoms with Gasteiger partial charge in [0, 0.05) is 12.1 Å². The summed E-state index contributed by atoms with van der Waals surface area (Å²) in [5.41, 5.74) is 0. The number of halogens is 1. The summed E-state index contributed by atoms with van der Waals surface area (Å²) in [6, 6.07) is 6.39. The summed E-state index contributed by atoms with van der Waals surface area (Å²) in [5.74, 6) is 0. The molecule has 0 bridgehead atoms. The average Bonchev–Trinajstić information content (AvgIpc) is 2.65. The van der Waals surface area contributed by atoms with E-state index < -0.39 is 0 Å². The monoisotopic (exact) mass is 383 g/mol. The van der Waals surface area contributed by atoms with Crippen molar-refractivity contribution in [1.29, 1.82) is 0 Å². The van der Waals surface area contributed by atoms with Gasteiger partial charge in [0.1, 0.15) is 0 Å². The van der Waals surface area contributed by atoms with Crippen LogP contribution in [0.4, 0.5) is 0 Å². The molecule has 0 aliphatic rings. The van der Waals surface area contributed by atoms with Crippen molar-refractivity contribution in [1.82, 2.24) is 0 Å². The van der Waals surface area contributed by atoms with Crippen LogP contribution in [0.5, 0.6) is 0 Å². The molecule has 0 aliphatic carbocycles. The van der Waals surface area contributed by atoms with Gasteiger partial charge < -0.3 is 0 Å². The molecule has 1 heterocycles. The van der Waals surface area contributed by atoms with Gasteiger partial charge in [-0.2, -0.15) is 5.01 Å². The van der Waals surface area contributed by atoms with Gasteiger partial charge in [-0.25, -0.2) is 0 Å². The van der Waals surface area contributed by atoms with Gasteiger partial charge in [-0.1, -0.05) is 102 Å². The summed E-state index contributed by atoms with van der Waals surface area (Å²) in [6.07, 6.45) is 23.8. The topological polar surface area (TPSA) is 7.12 Å². The van der Waals surface area contributed by atoms with E-state index in [-0.39, 0.29) is 12.4 Å². The van der Waals surface area contributed by atoms with Crippen molar-refractivity contribution in [2.45, 2.75) is 104 Å². The van der Waals surface area contributed by atoms with Gasteiger partial charge in [-0.3, -0.25) is 0 Å². The first-order chi connectivity index (χ1) is 12.4. The van der Waals surface area contributed by atoms with Crippen LogP contribution in [0.25, 0.3) is 0 Å². The zero-order valence-electron chi connectivity index (χ0n) is 17.5. The normalized spacial score (nSPS) is 10.5. The minimum atomic E-state index is 0. The molecule has 0 amide bonds. The van der Waals surface area contributed by atoms with Gasteiger partial charge in [0.15, 0.2) is 12.4 Å². The molecule has 2 nitrogen and oxygen atoms in total. The number of hydrogen-bond donors (Lipinski definition) is 0. The van der Waals surface area contributed by atoms with Crippen molar-refractivity contribution in [3.05, 3.63) is 30.6 Å². The van der Waals surface area contributed by atoms with Gasteiger partial charge >= 0.3 is 0 Å². The first kappa shape index (κ1) is 25.2. The van der Waals surface area contributed by atoms with Crippen LogP contribution in [0.15, 0.2) is 30.6 Å². The summed E-state index contributed by atoms with van der Waals surface area (Å²) in [6.45, 7) is 6.97. The lowest BCUT2D eigenvalue weighted by molar-refractivity contribution is -0.693. The molecule has 1 rings (SSSR count). The highest BCUT2D eigenvalue weighted by molar-refractivity contribution is 5.85. The van der Waals surface area contributed by atoms with Crippen LogP contribution in [0.3, 0.4) is 0 Å². The second-order valence-electron chi connectivity index (χ2n) is 7.45. The van der Waals surface area contributed by atoms with Crippen LogP contribution in [0.2, 0.25) is 0 Å². The number of unbranched alkanes of at least 4 members (excludes halogenated alkanes) is 12. The number of pyridine rings is 1. The number of rotatable bonds is 17. The van der Waals surface area contributed by atoms with Gasteiger partial charge in [0.05, 0.1) is 13.1 Å². The molecule has 0 aromatic carbocycles. The molecule has 3 heteroatoms. The van der Waals surface area contributed by atoms with Crippen molar-refractivity contribution in [2.24, 2.45) is 0 Å². The summed E-state index contributed by atoms with van der Waals surface area (Å²) in [4.78, 5) is 0. The van der Waals surface area contributed by atoms with Gasteiger partial charge in [0.2, 0.25) is 0 Å². The van der Waals surface area contributed by atoms with Gasteiger partial charge in [0.25, 0.3) is 0 Å². The average molecular weight is 384 g/mol. The standard InChI is InChI=1S/C23H43N2.ClH/c1-3-5-7-9-11-12-14-17-21-24(25-22-18-15-19-23-25)20-16-13-10-8-6-4-2;/h15,18-19,22-23H,3-14,16-17,20-21H2,1-2H3;1H/q+1;. The van der Waals surface area contributed by atoms with Crippen LogP contribution in [-0.2, 0) is 0 Å². The SMILES string of the molecule is CCCCCCCCCCN(CCCCCCCC)[n+]1ccccc1.Cl. The third kappa shape index (κ3) is 13.4. The molecule has 0 atom stereocenters. The first-order valence-corrected chi connectivity index (χ1v) is 11.1. The molecule has 26 heavy (non-hydrogen) atoms. The number of aromatic nitrogens is 1. The second kappa shape index (κ2) is 19.0. The lowest BCUT2D eigenvalue weighted by Crippen LogP contribution is -2.58. The molecule has 0 saturated carbocycles. The fraction of sp³-hybridized carbons (Fsp3) is 0.783. The van der Waals surface area contributed by atoms with Crippen molar-refractivity contribution in [2.75, 3.05) is 18.1 Å². The zero-order valence-corrected chi connectivity index (χ0v) is 18.3. The van der Waals surface area contributed by atoms with E-state index in [1.54, 1.807) is 0 Å². The van der Waals surface area contributed by atoms with E-state index in [0.717, 1.165) is 0 Å². The maximum absolute atomic E-state index is 2.54. The minimum absolute atomic E-state index is 0. The van der Waals surface area contributed by atoms with Crippen molar-refractivity contribution in [3.63, 3.8) is 0 Å². The highest BCUT2D eigenvalue weighted by atomic mass is 35.5. The fourth-order valence-corrected chi connectivity index (χ4v) is 3.42. The van der Waals surface area contributed by atoms with Crippen LogP contribution in [0.1, 0.15) is 104 Å².